The van der Waals surface area contributed by atoms with Gasteiger partial charge in [0.25, 0.3) is 5.91 Å². The van der Waals surface area contributed by atoms with E-state index in [4.69, 9.17) is 26.5 Å². The van der Waals surface area contributed by atoms with Gasteiger partial charge in [-0.25, -0.2) is 4.79 Å². The standard InChI is InChI=1S/C36H41N9O6/c1-20-14-24(46)15-21(2)26(20)18-28(42-33(48)30(50-36(39)49)12-13-40-35(37)38)32(47)43-29(17-23-19-41-27-11-7-6-10-25(23)27)34-44-31(45-51-34)16-22-8-4-3-5-9-22/h3-11,14-15,19,28-30,41,46H,12-13,16-18H2,1-2H3,(H2,39,49)(H,42,48)(H,43,47)(H4,37,38,40). The van der Waals surface area contributed by atoms with E-state index in [-0.39, 0.29) is 43.4 Å². The van der Waals surface area contributed by atoms with Crippen LogP contribution in [-0.2, 0) is 33.6 Å². The molecule has 0 aliphatic rings. The van der Waals surface area contributed by atoms with Crippen molar-refractivity contribution in [1.82, 2.24) is 25.8 Å². The number of aromatic amines is 1. The molecule has 5 aromatic rings. The minimum atomic E-state index is -1.40. The van der Waals surface area contributed by atoms with Gasteiger partial charge in [0.15, 0.2) is 17.9 Å². The van der Waals surface area contributed by atoms with Crippen LogP contribution in [0, 0.1) is 13.8 Å². The molecule has 0 saturated heterocycles. The number of hydrogen-bond donors (Lipinski definition) is 7. The summed E-state index contributed by atoms with van der Waals surface area (Å²) in [6, 6.07) is 18.5. The zero-order valence-corrected chi connectivity index (χ0v) is 28.3. The second kappa shape index (κ2) is 16.3. The minimum Gasteiger partial charge on any atom is -0.508 e. The number of nitrogens with zero attached hydrogens (tertiary/aromatic N) is 3. The molecular formula is C36H41N9O6. The van der Waals surface area contributed by atoms with E-state index in [0.29, 0.717) is 23.4 Å². The van der Waals surface area contributed by atoms with E-state index in [1.54, 1.807) is 26.0 Å². The Morgan fingerprint density at radius 2 is 1.67 bits per heavy atom. The van der Waals surface area contributed by atoms with Gasteiger partial charge in [-0.2, -0.15) is 4.98 Å². The normalized spacial score (nSPS) is 12.8. The van der Waals surface area contributed by atoms with Crippen LogP contribution in [0.1, 0.15) is 52.0 Å². The Kier molecular flexibility index (Phi) is 11.5. The lowest BCUT2D eigenvalue weighted by atomic mass is 9.95. The van der Waals surface area contributed by atoms with Crippen molar-refractivity contribution in [2.24, 2.45) is 22.2 Å². The van der Waals surface area contributed by atoms with E-state index >= 15 is 0 Å². The fourth-order valence-electron chi connectivity index (χ4n) is 5.92. The van der Waals surface area contributed by atoms with Gasteiger partial charge in [0, 0.05) is 49.3 Å². The molecule has 0 spiro atoms. The zero-order chi connectivity index (χ0) is 36.5. The summed E-state index contributed by atoms with van der Waals surface area (Å²) in [6.45, 7) is 3.54. The van der Waals surface area contributed by atoms with E-state index in [1.165, 1.54) is 0 Å². The molecule has 2 heterocycles. The minimum absolute atomic E-state index is 0.0234. The molecule has 0 bridgehead atoms. The number of amides is 3. The summed E-state index contributed by atoms with van der Waals surface area (Å²) < 4.78 is 10.8. The smallest absolute Gasteiger partial charge is 0.405 e. The summed E-state index contributed by atoms with van der Waals surface area (Å²) in [4.78, 5) is 51.4. The predicted octanol–water partition coefficient (Wildman–Crippen LogP) is 2.72. The summed E-state index contributed by atoms with van der Waals surface area (Å²) in [7, 11) is 0. The van der Waals surface area contributed by atoms with Crippen molar-refractivity contribution in [3.05, 3.63) is 112 Å². The molecule has 3 amide bonds. The Hall–Kier alpha value is -6.38. The van der Waals surface area contributed by atoms with Gasteiger partial charge in [-0.15, -0.1) is 0 Å². The summed E-state index contributed by atoms with van der Waals surface area (Å²) in [5.74, 6) is -0.904. The highest BCUT2D eigenvalue weighted by Crippen LogP contribution is 2.26. The number of carbonyl (C=O) groups is 3. The number of primary amides is 1. The van der Waals surface area contributed by atoms with E-state index < -0.39 is 36.1 Å². The van der Waals surface area contributed by atoms with Crippen LogP contribution in [0.2, 0.25) is 0 Å². The number of carbonyl (C=O) groups excluding carboxylic acids is 3. The van der Waals surface area contributed by atoms with Crippen molar-refractivity contribution in [3.63, 3.8) is 0 Å². The quantitative estimate of drug-likeness (QED) is 0.0623. The number of H-pyrrole nitrogens is 1. The van der Waals surface area contributed by atoms with Crippen molar-refractivity contribution in [1.29, 1.82) is 0 Å². The largest absolute Gasteiger partial charge is 0.508 e. The maximum Gasteiger partial charge on any atom is 0.405 e. The molecule has 3 aromatic carbocycles. The number of aliphatic imine (C=N–C) groups is 1. The highest BCUT2D eigenvalue weighted by Gasteiger charge is 2.32. The number of fused-ring (bicyclic) bond motifs is 1. The number of guanidine groups is 1. The third-order valence-electron chi connectivity index (χ3n) is 8.36. The van der Waals surface area contributed by atoms with E-state index in [9.17, 15) is 19.5 Å². The van der Waals surface area contributed by atoms with Crippen molar-refractivity contribution in [2.75, 3.05) is 6.54 Å². The van der Waals surface area contributed by atoms with Crippen LogP contribution in [0.25, 0.3) is 10.9 Å². The Labute approximate surface area is 293 Å². The van der Waals surface area contributed by atoms with Crippen LogP contribution in [0.3, 0.4) is 0 Å². The van der Waals surface area contributed by atoms with E-state index in [1.807, 2.05) is 60.8 Å². The second-order valence-electron chi connectivity index (χ2n) is 12.2. The van der Waals surface area contributed by atoms with Gasteiger partial charge in [0.1, 0.15) is 17.8 Å². The average molecular weight is 696 g/mol. The molecule has 2 aromatic heterocycles. The van der Waals surface area contributed by atoms with Crippen LogP contribution in [0.4, 0.5) is 4.79 Å². The molecule has 0 saturated carbocycles. The van der Waals surface area contributed by atoms with Crippen LogP contribution < -0.4 is 27.8 Å². The van der Waals surface area contributed by atoms with Gasteiger partial charge in [-0.1, -0.05) is 53.7 Å². The molecule has 0 radical (unpaired) electrons. The molecule has 0 aliphatic carbocycles. The molecule has 0 aliphatic heterocycles. The monoisotopic (exact) mass is 695 g/mol. The number of aromatic hydroxyl groups is 1. The van der Waals surface area contributed by atoms with Gasteiger partial charge in [-0.05, 0) is 59.9 Å². The van der Waals surface area contributed by atoms with Crippen molar-refractivity contribution < 1.29 is 28.8 Å². The van der Waals surface area contributed by atoms with Gasteiger partial charge in [-0.3, -0.25) is 14.6 Å². The third kappa shape index (κ3) is 9.62. The maximum absolute atomic E-state index is 14.3. The Bertz CT molecular complexity index is 2000. The van der Waals surface area contributed by atoms with E-state index in [2.05, 4.69) is 30.8 Å². The number of ether oxygens (including phenoxy) is 1. The van der Waals surface area contributed by atoms with E-state index in [0.717, 1.165) is 27.6 Å². The molecule has 266 valence electrons. The average Bonchev–Trinajstić information content (AvgIpc) is 3.72. The number of hydrogen-bond acceptors (Lipinski definition) is 9. The van der Waals surface area contributed by atoms with Gasteiger partial charge < -0.3 is 47.2 Å². The number of nitrogens with two attached hydrogens (primary N) is 3. The molecule has 3 unspecified atom stereocenters. The molecule has 10 N–H and O–H groups in total. The lowest BCUT2D eigenvalue weighted by Crippen LogP contribution is -2.52. The number of rotatable bonds is 15. The number of benzene rings is 3. The number of phenolic OH excluding ortho intramolecular Hbond substituents is 1. The van der Waals surface area contributed by atoms with Crippen LogP contribution in [-0.4, -0.2) is 62.8 Å². The summed E-state index contributed by atoms with van der Waals surface area (Å²) >= 11 is 0. The van der Waals surface area contributed by atoms with Gasteiger partial charge in [0.2, 0.25) is 11.8 Å². The fraction of sp³-hybridized carbons (Fsp3) is 0.278. The molecular weight excluding hydrogens is 654 g/mol. The highest BCUT2D eigenvalue weighted by atomic mass is 16.6. The lowest BCUT2D eigenvalue weighted by molar-refractivity contribution is -0.134. The topological polar surface area (TPSA) is 250 Å². The SMILES string of the molecule is Cc1cc(O)cc(C)c1CC(NC(=O)C(CCN=C(N)N)OC(N)=O)C(=O)NC(Cc1c[nH]c2ccccc12)c1nc(Cc2ccccc2)no1. The first-order chi connectivity index (χ1) is 24.5. The summed E-state index contributed by atoms with van der Waals surface area (Å²) in [5.41, 5.74) is 21.0. The molecule has 51 heavy (non-hydrogen) atoms. The van der Waals surface area contributed by atoms with Gasteiger partial charge >= 0.3 is 6.09 Å². The Morgan fingerprint density at radius 1 is 0.961 bits per heavy atom. The molecule has 0 fully saturated rings. The highest BCUT2D eigenvalue weighted by molar-refractivity contribution is 5.91. The van der Waals surface area contributed by atoms with Crippen LogP contribution >= 0.6 is 0 Å². The number of phenols is 1. The number of para-hydroxylation sites is 1. The Balaban J connectivity index is 1.47. The first-order valence-electron chi connectivity index (χ1n) is 16.3. The fourth-order valence-corrected chi connectivity index (χ4v) is 5.92. The zero-order valence-electron chi connectivity index (χ0n) is 28.3. The lowest BCUT2D eigenvalue weighted by Gasteiger charge is -2.25. The number of nitrogens with one attached hydrogen (secondary N) is 3. The Morgan fingerprint density at radius 3 is 2.37 bits per heavy atom. The molecule has 5 rings (SSSR count). The van der Waals surface area contributed by atoms with Crippen molar-refractivity contribution in [2.45, 2.75) is 57.7 Å². The molecule has 15 heteroatoms. The van der Waals surface area contributed by atoms with Crippen LogP contribution in [0.5, 0.6) is 5.75 Å². The summed E-state index contributed by atoms with van der Waals surface area (Å²) in [6.07, 6.45) is -0.128. The van der Waals surface area contributed by atoms with Crippen LogP contribution in [0.15, 0.2) is 82.4 Å². The predicted molar refractivity (Wildman–Crippen MR) is 189 cm³/mol. The van der Waals surface area contributed by atoms with Crippen molar-refractivity contribution in [3.8, 4) is 5.75 Å². The first kappa shape index (κ1) is 35.9. The van der Waals surface area contributed by atoms with Gasteiger partial charge in [0.05, 0.1) is 0 Å². The maximum atomic E-state index is 14.3. The molecule has 15 nitrogen and oxygen atoms in total. The number of aromatic nitrogens is 3. The first-order valence-corrected chi connectivity index (χ1v) is 16.3. The van der Waals surface area contributed by atoms with Crippen molar-refractivity contribution >= 4 is 34.8 Å². The summed E-state index contributed by atoms with van der Waals surface area (Å²) in [5, 5.41) is 21.1. The second-order valence-corrected chi connectivity index (χ2v) is 12.2. The third-order valence-corrected chi connectivity index (χ3v) is 8.36. The molecule has 3 atom stereocenters. The number of aryl methyl sites for hydroxylation is 2.